The van der Waals surface area contributed by atoms with Crippen molar-refractivity contribution < 1.29 is 17.9 Å². The average molecular weight is 308 g/mol. The van der Waals surface area contributed by atoms with Crippen molar-refractivity contribution >= 4 is 15.7 Å². The van der Waals surface area contributed by atoms with Crippen LogP contribution in [0, 0.1) is 5.82 Å². The number of nitrogens with zero attached hydrogens (tertiary/aromatic N) is 2. The van der Waals surface area contributed by atoms with Gasteiger partial charge in [-0.25, -0.2) is 12.8 Å². The van der Waals surface area contributed by atoms with Crippen LogP contribution in [0.25, 0.3) is 0 Å². The van der Waals surface area contributed by atoms with Crippen molar-refractivity contribution in [3.05, 3.63) is 48.0 Å². The van der Waals surface area contributed by atoms with Gasteiger partial charge < -0.3 is 5.11 Å². The Morgan fingerprint density at radius 1 is 1.29 bits per heavy atom. The van der Waals surface area contributed by atoms with Gasteiger partial charge in [0.05, 0.1) is 11.9 Å². The zero-order valence-corrected chi connectivity index (χ0v) is 11.8. The van der Waals surface area contributed by atoms with Gasteiger partial charge in [0.15, 0.2) is 0 Å². The van der Waals surface area contributed by atoms with Crippen LogP contribution in [-0.4, -0.2) is 25.1 Å². The second kappa shape index (κ2) is 5.00. The molecule has 0 atom stereocenters. The SMILES string of the molecule is O=S(=O)(c1cncc(F)c1)N1CCCc2cccc(O)c21. The first-order chi connectivity index (χ1) is 10.00. The Morgan fingerprint density at radius 2 is 2.10 bits per heavy atom. The summed E-state index contributed by atoms with van der Waals surface area (Å²) in [7, 11) is -3.95. The maximum atomic E-state index is 13.2. The van der Waals surface area contributed by atoms with Crippen molar-refractivity contribution in [1.29, 1.82) is 0 Å². The van der Waals surface area contributed by atoms with Gasteiger partial charge in [-0.2, -0.15) is 0 Å². The highest BCUT2D eigenvalue weighted by atomic mass is 32.2. The number of aryl methyl sites for hydroxylation is 1. The molecule has 0 unspecified atom stereocenters. The lowest BCUT2D eigenvalue weighted by atomic mass is 10.0. The number of hydrogen-bond donors (Lipinski definition) is 1. The molecule has 21 heavy (non-hydrogen) atoms. The van der Waals surface area contributed by atoms with Crippen LogP contribution in [0.1, 0.15) is 12.0 Å². The van der Waals surface area contributed by atoms with Gasteiger partial charge in [0.25, 0.3) is 10.0 Å². The number of halogens is 1. The molecule has 0 bridgehead atoms. The number of anilines is 1. The normalized spacial score (nSPS) is 14.8. The van der Waals surface area contributed by atoms with E-state index in [9.17, 15) is 17.9 Å². The minimum atomic E-state index is -3.95. The second-order valence-electron chi connectivity index (χ2n) is 4.80. The van der Waals surface area contributed by atoms with Gasteiger partial charge in [-0.3, -0.25) is 9.29 Å². The van der Waals surface area contributed by atoms with Gasteiger partial charge in [-0.15, -0.1) is 0 Å². The molecule has 2 aromatic rings. The fourth-order valence-electron chi connectivity index (χ4n) is 2.49. The van der Waals surface area contributed by atoms with Crippen LogP contribution < -0.4 is 4.31 Å². The van der Waals surface area contributed by atoms with Crippen LogP contribution in [0.2, 0.25) is 0 Å². The van der Waals surface area contributed by atoms with Crippen molar-refractivity contribution in [3.63, 3.8) is 0 Å². The molecule has 2 heterocycles. The van der Waals surface area contributed by atoms with E-state index in [4.69, 9.17) is 0 Å². The number of sulfonamides is 1. The Kier molecular flexibility index (Phi) is 3.29. The number of fused-ring (bicyclic) bond motifs is 1. The first-order valence-electron chi connectivity index (χ1n) is 6.44. The monoisotopic (exact) mass is 308 g/mol. The Labute approximate surface area is 121 Å². The number of phenols is 1. The smallest absolute Gasteiger partial charge is 0.266 e. The Hall–Kier alpha value is -2.15. The van der Waals surface area contributed by atoms with E-state index < -0.39 is 15.8 Å². The fourth-order valence-corrected chi connectivity index (χ4v) is 4.02. The van der Waals surface area contributed by atoms with Crippen molar-refractivity contribution in [2.75, 3.05) is 10.8 Å². The molecule has 1 aromatic carbocycles. The number of rotatable bonds is 2. The van der Waals surface area contributed by atoms with Crippen LogP contribution in [0.4, 0.5) is 10.1 Å². The molecular weight excluding hydrogens is 295 g/mol. The molecule has 1 aliphatic rings. The maximum Gasteiger partial charge on any atom is 0.266 e. The van der Waals surface area contributed by atoms with Gasteiger partial charge in [-0.1, -0.05) is 12.1 Å². The third-order valence-corrected chi connectivity index (χ3v) is 5.19. The number of aromatic hydroxyl groups is 1. The number of aromatic nitrogens is 1. The molecule has 5 nitrogen and oxygen atoms in total. The van der Waals surface area contributed by atoms with Crippen LogP contribution in [-0.2, 0) is 16.4 Å². The summed E-state index contributed by atoms with van der Waals surface area (Å²) in [5, 5.41) is 10.00. The first-order valence-corrected chi connectivity index (χ1v) is 7.88. The van der Waals surface area contributed by atoms with Gasteiger partial charge in [0, 0.05) is 12.7 Å². The van der Waals surface area contributed by atoms with Crippen molar-refractivity contribution in [2.45, 2.75) is 17.7 Å². The Balaban J connectivity index is 2.14. The highest BCUT2D eigenvalue weighted by Crippen LogP contribution is 2.38. The lowest BCUT2D eigenvalue weighted by Crippen LogP contribution is -2.35. The van der Waals surface area contributed by atoms with Gasteiger partial charge in [0.2, 0.25) is 0 Å². The number of phenolic OH excluding ortho intramolecular Hbond substituents is 1. The average Bonchev–Trinajstić information content (AvgIpc) is 2.47. The lowest BCUT2D eigenvalue weighted by molar-refractivity contribution is 0.472. The summed E-state index contributed by atoms with van der Waals surface area (Å²) in [4.78, 5) is 3.36. The summed E-state index contributed by atoms with van der Waals surface area (Å²) in [5.74, 6) is -0.814. The summed E-state index contributed by atoms with van der Waals surface area (Å²) >= 11 is 0. The van der Waals surface area contributed by atoms with E-state index >= 15 is 0 Å². The lowest BCUT2D eigenvalue weighted by Gasteiger charge is -2.30. The molecule has 0 saturated carbocycles. The molecule has 0 aliphatic carbocycles. The van der Waals surface area contributed by atoms with Gasteiger partial charge in [0.1, 0.15) is 16.5 Å². The number of para-hydroxylation sites is 1. The van der Waals surface area contributed by atoms with E-state index in [0.717, 1.165) is 28.3 Å². The minimum Gasteiger partial charge on any atom is -0.506 e. The largest absolute Gasteiger partial charge is 0.506 e. The van der Waals surface area contributed by atoms with Crippen LogP contribution in [0.5, 0.6) is 5.75 Å². The van der Waals surface area contributed by atoms with Gasteiger partial charge in [-0.05, 0) is 30.5 Å². The van der Waals surface area contributed by atoms with Gasteiger partial charge >= 0.3 is 0 Å². The molecule has 7 heteroatoms. The van der Waals surface area contributed by atoms with E-state index in [1.807, 2.05) is 0 Å². The highest BCUT2D eigenvalue weighted by molar-refractivity contribution is 7.92. The Bertz CT molecular complexity index is 793. The molecule has 1 N–H and O–H groups in total. The molecule has 0 fully saturated rings. The third-order valence-electron chi connectivity index (χ3n) is 3.42. The molecular formula is C14H13FN2O3S. The molecule has 1 aliphatic heterocycles. The van der Waals surface area contributed by atoms with Crippen LogP contribution in [0.3, 0.4) is 0 Å². The molecule has 110 valence electrons. The molecule has 0 spiro atoms. The van der Waals surface area contributed by atoms with Crippen LogP contribution >= 0.6 is 0 Å². The number of pyridine rings is 1. The Morgan fingerprint density at radius 3 is 2.86 bits per heavy atom. The van der Waals surface area contributed by atoms with E-state index in [1.165, 1.54) is 6.07 Å². The number of hydrogen-bond acceptors (Lipinski definition) is 4. The molecule has 0 saturated heterocycles. The van der Waals surface area contributed by atoms with E-state index in [0.29, 0.717) is 12.8 Å². The summed E-state index contributed by atoms with van der Waals surface area (Å²) in [6.45, 7) is 0.240. The fraction of sp³-hybridized carbons (Fsp3) is 0.214. The minimum absolute atomic E-state index is 0.0971. The summed E-state index contributed by atoms with van der Waals surface area (Å²) in [6.07, 6.45) is 3.38. The van der Waals surface area contributed by atoms with E-state index in [-0.39, 0.29) is 22.9 Å². The molecule has 0 radical (unpaired) electrons. The van der Waals surface area contributed by atoms with Crippen molar-refractivity contribution in [1.82, 2.24) is 4.98 Å². The highest BCUT2D eigenvalue weighted by Gasteiger charge is 2.31. The predicted molar refractivity (Wildman–Crippen MR) is 75.2 cm³/mol. The topological polar surface area (TPSA) is 70.5 Å². The zero-order chi connectivity index (χ0) is 15.0. The zero-order valence-electron chi connectivity index (χ0n) is 11.0. The van der Waals surface area contributed by atoms with Crippen LogP contribution in [0.15, 0.2) is 41.6 Å². The predicted octanol–water partition coefficient (Wildman–Crippen LogP) is 2.07. The first kappa shape index (κ1) is 13.8. The quantitative estimate of drug-likeness (QED) is 0.922. The molecule has 1 aromatic heterocycles. The standard InChI is InChI=1S/C14H13FN2O3S/c15-11-7-12(9-16-8-11)21(19,20)17-6-2-4-10-3-1-5-13(18)14(10)17/h1,3,5,7-9,18H,2,4,6H2. The number of benzene rings is 1. The van der Waals surface area contributed by atoms with E-state index in [1.54, 1.807) is 12.1 Å². The maximum absolute atomic E-state index is 13.2. The summed E-state index contributed by atoms with van der Waals surface area (Å²) in [5.41, 5.74) is 1.03. The second-order valence-corrected chi connectivity index (χ2v) is 6.67. The molecule has 0 amide bonds. The molecule has 3 rings (SSSR count). The van der Waals surface area contributed by atoms with Crippen molar-refractivity contribution in [3.8, 4) is 5.75 Å². The van der Waals surface area contributed by atoms with Crippen molar-refractivity contribution in [2.24, 2.45) is 0 Å². The summed E-state index contributed by atoms with van der Waals surface area (Å²) < 4.78 is 39.7. The summed E-state index contributed by atoms with van der Waals surface area (Å²) in [6, 6.07) is 5.82. The third kappa shape index (κ3) is 2.33. The van der Waals surface area contributed by atoms with E-state index in [2.05, 4.69) is 4.98 Å².